The predicted octanol–water partition coefficient (Wildman–Crippen LogP) is 4.59. The highest BCUT2D eigenvalue weighted by Gasteiger charge is 2.46. The Balaban J connectivity index is 1.42. The number of allylic oxidation sites excluding steroid dienone is 2. The second-order valence-electron chi connectivity index (χ2n) is 8.39. The van der Waals surface area contributed by atoms with Gasteiger partial charge < -0.3 is 9.84 Å². The minimum atomic E-state index is -0.708. The van der Waals surface area contributed by atoms with E-state index in [4.69, 9.17) is 15.6 Å². The van der Waals surface area contributed by atoms with Crippen molar-refractivity contribution in [1.29, 1.82) is 0 Å². The molecule has 1 atom stereocenters. The van der Waals surface area contributed by atoms with Gasteiger partial charge in [-0.25, -0.2) is 0 Å². The number of amidine groups is 1. The lowest BCUT2D eigenvalue weighted by Gasteiger charge is -2.28. The Morgan fingerprint density at radius 2 is 1.69 bits per heavy atom. The molecule has 0 bridgehead atoms. The highest BCUT2D eigenvalue weighted by atomic mass is 16.5. The van der Waals surface area contributed by atoms with Crippen LogP contribution in [0, 0.1) is 11.8 Å². The number of nitrogens with zero attached hydrogens (tertiary/aromatic N) is 3. The van der Waals surface area contributed by atoms with Gasteiger partial charge >= 0.3 is 5.97 Å². The van der Waals surface area contributed by atoms with E-state index in [1.807, 2.05) is 60.8 Å². The summed E-state index contributed by atoms with van der Waals surface area (Å²) in [6, 6.07) is 17.4. The van der Waals surface area contributed by atoms with Crippen LogP contribution in [0.3, 0.4) is 0 Å². The molecule has 0 amide bonds. The van der Waals surface area contributed by atoms with E-state index in [1.54, 1.807) is 12.4 Å². The number of benzene rings is 2. The largest absolute Gasteiger partial charge is 0.481 e. The minimum Gasteiger partial charge on any atom is -0.481 e. The van der Waals surface area contributed by atoms with Crippen molar-refractivity contribution in [2.75, 3.05) is 0 Å². The molecule has 1 aliphatic carbocycles. The molecule has 1 unspecified atom stereocenters. The van der Waals surface area contributed by atoms with Crippen LogP contribution in [0.25, 0.3) is 0 Å². The van der Waals surface area contributed by atoms with Crippen LogP contribution >= 0.6 is 0 Å². The maximum absolute atomic E-state index is 11.3. The first-order chi connectivity index (χ1) is 15.5. The molecule has 0 aromatic heterocycles. The number of carbonyl (C=O) groups is 1. The van der Waals surface area contributed by atoms with E-state index < -0.39 is 5.97 Å². The molecular weight excluding hydrogens is 404 g/mol. The lowest BCUT2D eigenvalue weighted by atomic mass is 9.80. The standard InChI is InChI=1S/C25H24N4O3/c26-29-15-14-27-16-22(29)23(17-6-8-19(9-7-17)25(30)31)28-24(29)18-10-12-21(13-11-18)32-20-4-2-1-3-5-20/h1-5,10-17,19H,6-9,26H2/p+1. The smallest absolute Gasteiger partial charge is 0.306 e. The van der Waals surface area contributed by atoms with Crippen molar-refractivity contribution in [1.82, 2.24) is 0 Å². The van der Waals surface area contributed by atoms with Crippen LogP contribution in [0.5, 0.6) is 11.5 Å². The summed E-state index contributed by atoms with van der Waals surface area (Å²) in [7, 11) is 0. The van der Waals surface area contributed by atoms with Gasteiger partial charge in [0, 0.05) is 5.92 Å². The molecule has 2 aromatic carbocycles. The van der Waals surface area contributed by atoms with Gasteiger partial charge in [-0.2, -0.15) is 10.8 Å². The molecule has 0 radical (unpaired) electrons. The molecule has 2 aromatic rings. The Labute approximate surface area is 186 Å². The minimum absolute atomic E-state index is 0.0312. The number of carboxylic acids is 1. The normalized spacial score (nSPS) is 26.6. The average molecular weight is 430 g/mol. The summed E-state index contributed by atoms with van der Waals surface area (Å²) in [5.74, 6) is 8.26. The molecule has 3 aliphatic rings. The topological polar surface area (TPSA) is 97.3 Å². The summed E-state index contributed by atoms with van der Waals surface area (Å²) in [4.78, 5) is 20.6. The number of hydrogen-bond acceptors (Lipinski definition) is 5. The molecule has 5 rings (SSSR count). The lowest BCUT2D eigenvalue weighted by Crippen LogP contribution is -2.53. The van der Waals surface area contributed by atoms with E-state index in [0.717, 1.165) is 47.1 Å². The summed E-state index contributed by atoms with van der Waals surface area (Å²) < 4.78 is 5.87. The predicted molar refractivity (Wildman–Crippen MR) is 122 cm³/mol. The number of quaternary nitrogens is 1. The number of para-hydroxylation sites is 1. The van der Waals surface area contributed by atoms with E-state index in [9.17, 15) is 9.90 Å². The van der Waals surface area contributed by atoms with Gasteiger partial charge in [0.15, 0.2) is 0 Å². The average Bonchev–Trinajstić information content (AvgIpc) is 3.13. The van der Waals surface area contributed by atoms with Gasteiger partial charge in [-0.15, -0.1) is 4.59 Å². The highest BCUT2D eigenvalue weighted by Crippen LogP contribution is 2.41. The van der Waals surface area contributed by atoms with Gasteiger partial charge in [0.1, 0.15) is 23.4 Å². The molecule has 7 nitrogen and oxygen atoms in total. The van der Waals surface area contributed by atoms with E-state index in [2.05, 4.69) is 4.99 Å². The molecular formula is C25H25N4O3+. The third-order valence-electron chi connectivity index (χ3n) is 6.38. The van der Waals surface area contributed by atoms with Crippen molar-refractivity contribution in [3.63, 3.8) is 0 Å². The number of fused-ring (bicyclic) bond motifs is 1. The van der Waals surface area contributed by atoms with Crippen molar-refractivity contribution >= 4 is 18.0 Å². The number of rotatable bonds is 5. The van der Waals surface area contributed by atoms with Crippen LogP contribution in [0.2, 0.25) is 0 Å². The van der Waals surface area contributed by atoms with Crippen molar-refractivity contribution in [2.24, 2.45) is 27.7 Å². The lowest BCUT2D eigenvalue weighted by molar-refractivity contribution is -0.750. The highest BCUT2D eigenvalue weighted by molar-refractivity contribution is 6.00. The Kier molecular flexibility index (Phi) is 5.20. The summed E-state index contributed by atoms with van der Waals surface area (Å²) in [5, 5.41) is 9.32. The molecule has 162 valence electrons. The maximum atomic E-state index is 11.3. The van der Waals surface area contributed by atoms with E-state index >= 15 is 0 Å². The SMILES string of the molecule is N[N+]12C=CN=CC1=C(C1CCC(C(=O)O)CC1)N=C2c1ccc(Oc2ccccc2)cc1. The number of nitrogens with two attached hydrogens (primary N) is 1. The van der Waals surface area contributed by atoms with Gasteiger partial charge in [0.05, 0.1) is 23.9 Å². The van der Waals surface area contributed by atoms with Crippen molar-refractivity contribution < 1.29 is 19.2 Å². The molecule has 7 heteroatoms. The number of ether oxygens (including phenoxy) is 1. The van der Waals surface area contributed by atoms with Gasteiger partial charge in [-0.3, -0.25) is 9.79 Å². The fraction of sp³-hybridized carbons (Fsp3) is 0.240. The first kappa shape index (κ1) is 20.4. The molecule has 0 spiro atoms. The number of carboxylic acid groups (broad SMARTS) is 1. The summed E-state index contributed by atoms with van der Waals surface area (Å²) in [5.41, 5.74) is 2.68. The zero-order valence-electron chi connectivity index (χ0n) is 17.6. The van der Waals surface area contributed by atoms with Crippen LogP contribution in [-0.4, -0.2) is 27.7 Å². The number of aliphatic carboxylic acids is 1. The number of hydrogen-bond donors (Lipinski definition) is 2. The van der Waals surface area contributed by atoms with Gasteiger partial charge in [0.2, 0.25) is 5.70 Å². The zero-order valence-corrected chi connectivity index (χ0v) is 17.6. The van der Waals surface area contributed by atoms with Crippen molar-refractivity contribution in [3.8, 4) is 11.5 Å². The van der Waals surface area contributed by atoms with Crippen LogP contribution in [0.4, 0.5) is 0 Å². The van der Waals surface area contributed by atoms with Crippen LogP contribution in [0.15, 0.2) is 88.4 Å². The molecule has 0 saturated heterocycles. The Hall–Kier alpha value is -3.55. The summed E-state index contributed by atoms with van der Waals surface area (Å²) in [6.45, 7) is 0. The van der Waals surface area contributed by atoms with Crippen LogP contribution in [0.1, 0.15) is 31.2 Å². The summed E-state index contributed by atoms with van der Waals surface area (Å²) >= 11 is 0. The van der Waals surface area contributed by atoms with Crippen molar-refractivity contribution in [3.05, 3.63) is 84.0 Å². The van der Waals surface area contributed by atoms with Gasteiger partial charge in [-0.1, -0.05) is 18.2 Å². The Morgan fingerprint density at radius 1 is 1.00 bits per heavy atom. The maximum Gasteiger partial charge on any atom is 0.306 e. The molecule has 2 aliphatic heterocycles. The third kappa shape index (κ3) is 3.66. The second kappa shape index (κ2) is 8.18. The number of aliphatic imine (C=N–C) groups is 2. The van der Waals surface area contributed by atoms with Crippen LogP contribution < -0.4 is 10.6 Å². The molecule has 2 heterocycles. The first-order valence-electron chi connectivity index (χ1n) is 10.8. The van der Waals surface area contributed by atoms with Crippen LogP contribution in [-0.2, 0) is 4.79 Å². The fourth-order valence-electron chi connectivity index (χ4n) is 4.62. The zero-order chi connectivity index (χ0) is 22.1. The van der Waals surface area contributed by atoms with E-state index in [1.165, 1.54) is 0 Å². The molecule has 32 heavy (non-hydrogen) atoms. The first-order valence-corrected chi connectivity index (χ1v) is 10.8. The van der Waals surface area contributed by atoms with Gasteiger partial charge in [-0.05, 0) is 62.1 Å². The fourth-order valence-corrected chi connectivity index (χ4v) is 4.62. The van der Waals surface area contributed by atoms with Crippen molar-refractivity contribution in [2.45, 2.75) is 25.7 Å². The van der Waals surface area contributed by atoms with E-state index in [0.29, 0.717) is 12.8 Å². The quantitative estimate of drug-likeness (QED) is 0.537. The van der Waals surface area contributed by atoms with Gasteiger partial charge in [0.25, 0.3) is 5.84 Å². The second-order valence-corrected chi connectivity index (χ2v) is 8.39. The van der Waals surface area contributed by atoms with E-state index in [-0.39, 0.29) is 16.4 Å². The Morgan fingerprint density at radius 3 is 2.38 bits per heavy atom. The third-order valence-corrected chi connectivity index (χ3v) is 6.38. The monoisotopic (exact) mass is 429 g/mol. The Bertz CT molecular complexity index is 1140. The molecule has 3 N–H and O–H groups in total. The molecule has 1 fully saturated rings. The molecule has 1 saturated carbocycles. The summed E-state index contributed by atoms with van der Waals surface area (Å²) in [6.07, 6.45) is 8.19.